The van der Waals surface area contributed by atoms with Crippen molar-refractivity contribution in [2.24, 2.45) is 11.8 Å². The molecule has 2 atom stereocenters. The molecule has 100 valence electrons. The maximum absolute atomic E-state index is 9.27. The maximum Gasteiger partial charge on any atom is 0.0551 e. The Bertz CT molecular complexity index is 399. The molecule has 0 heterocycles. The molecule has 0 spiro atoms. The summed E-state index contributed by atoms with van der Waals surface area (Å²) in [5.41, 5.74) is 1.20. The molecule has 2 N–H and O–H groups in total. The molecule has 18 heavy (non-hydrogen) atoms. The Balaban J connectivity index is 1.79. The molecule has 2 unspecified atom stereocenters. The number of aliphatic hydroxyl groups excluding tert-OH is 1. The normalized spacial score (nSPS) is 23.5. The van der Waals surface area contributed by atoms with Gasteiger partial charge in [-0.05, 0) is 64.8 Å². The minimum Gasteiger partial charge on any atom is -0.396 e. The van der Waals surface area contributed by atoms with E-state index in [1.54, 1.807) is 0 Å². The summed E-state index contributed by atoms with van der Waals surface area (Å²) in [6, 6.07) is 6.03. The number of hydrogen-bond acceptors (Lipinski definition) is 2. The molecule has 1 aromatic carbocycles. The lowest BCUT2D eigenvalue weighted by atomic mass is 9.97. The number of hydrogen-bond donors (Lipinski definition) is 2. The largest absolute Gasteiger partial charge is 0.396 e. The highest BCUT2D eigenvalue weighted by Crippen LogP contribution is 2.30. The zero-order valence-corrected chi connectivity index (χ0v) is 12.7. The van der Waals surface area contributed by atoms with E-state index in [-0.39, 0.29) is 0 Å². The van der Waals surface area contributed by atoms with Gasteiger partial charge in [0.25, 0.3) is 0 Å². The fraction of sp³-hybridized carbons (Fsp3) is 0.571. The summed E-state index contributed by atoms with van der Waals surface area (Å²) in [6.07, 6.45) is 3.66. The Labute approximate surface area is 122 Å². The van der Waals surface area contributed by atoms with E-state index in [0.717, 1.165) is 22.6 Å². The van der Waals surface area contributed by atoms with Crippen molar-refractivity contribution in [2.45, 2.75) is 25.8 Å². The molecular weight excluding hydrogens is 314 g/mol. The first-order valence-corrected chi connectivity index (χ1v) is 7.63. The second kappa shape index (κ2) is 6.90. The van der Waals surface area contributed by atoms with Gasteiger partial charge in [-0.2, -0.15) is 0 Å². The monoisotopic (exact) mass is 331 g/mol. The molecule has 0 bridgehead atoms. The van der Waals surface area contributed by atoms with Gasteiger partial charge in [0, 0.05) is 17.6 Å². The van der Waals surface area contributed by atoms with E-state index >= 15 is 0 Å². The summed E-state index contributed by atoms with van der Waals surface area (Å²) >= 11 is 9.45. The molecule has 0 saturated heterocycles. The van der Waals surface area contributed by atoms with Crippen LogP contribution in [0.15, 0.2) is 22.7 Å². The lowest BCUT2D eigenvalue weighted by Crippen LogP contribution is -2.26. The van der Waals surface area contributed by atoms with Crippen LogP contribution in [0.1, 0.15) is 24.8 Å². The first-order valence-electron chi connectivity index (χ1n) is 6.46. The van der Waals surface area contributed by atoms with E-state index in [2.05, 4.69) is 27.3 Å². The van der Waals surface area contributed by atoms with Crippen LogP contribution in [-0.2, 0) is 6.54 Å². The fourth-order valence-electron chi connectivity index (χ4n) is 2.67. The number of rotatable bonds is 5. The average Bonchev–Trinajstić information content (AvgIpc) is 2.81. The smallest absolute Gasteiger partial charge is 0.0551 e. The highest BCUT2D eigenvalue weighted by atomic mass is 79.9. The van der Waals surface area contributed by atoms with E-state index in [0.29, 0.717) is 18.4 Å². The standard InChI is InChI=1S/C14H19BrClNO/c15-13-5-4-10(6-14(13)16)7-17-8-11-2-1-3-12(11)9-18/h4-6,11-12,17-18H,1-3,7-9H2. The molecular formula is C14H19BrClNO. The summed E-state index contributed by atoms with van der Waals surface area (Å²) in [5.74, 6) is 1.12. The van der Waals surface area contributed by atoms with E-state index in [9.17, 15) is 5.11 Å². The number of nitrogens with one attached hydrogen (secondary N) is 1. The van der Waals surface area contributed by atoms with Gasteiger partial charge in [-0.15, -0.1) is 0 Å². The van der Waals surface area contributed by atoms with Crippen LogP contribution in [0.5, 0.6) is 0 Å². The van der Waals surface area contributed by atoms with Gasteiger partial charge >= 0.3 is 0 Å². The third-order valence-corrected chi connectivity index (χ3v) is 5.00. The molecule has 0 radical (unpaired) electrons. The van der Waals surface area contributed by atoms with Gasteiger partial charge < -0.3 is 10.4 Å². The van der Waals surface area contributed by atoms with Crippen LogP contribution < -0.4 is 5.32 Å². The van der Waals surface area contributed by atoms with Crippen molar-refractivity contribution in [1.29, 1.82) is 0 Å². The van der Waals surface area contributed by atoms with Crippen molar-refractivity contribution in [2.75, 3.05) is 13.2 Å². The van der Waals surface area contributed by atoms with Crippen LogP contribution in [0, 0.1) is 11.8 Å². The number of aliphatic hydroxyl groups is 1. The van der Waals surface area contributed by atoms with Crippen LogP contribution in [0.3, 0.4) is 0 Å². The van der Waals surface area contributed by atoms with Crippen LogP contribution in [0.2, 0.25) is 5.02 Å². The molecule has 0 aromatic heterocycles. The molecule has 1 fully saturated rings. The first kappa shape index (κ1) is 14.3. The van der Waals surface area contributed by atoms with Crippen LogP contribution in [0.4, 0.5) is 0 Å². The predicted molar refractivity (Wildman–Crippen MR) is 78.8 cm³/mol. The quantitative estimate of drug-likeness (QED) is 0.863. The van der Waals surface area contributed by atoms with Gasteiger partial charge in [-0.25, -0.2) is 0 Å². The van der Waals surface area contributed by atoms with Crippen molar-refractivity contribution < 1.29 is 5.11 Å². The molecule has 1 aliphatic rings. The minimum absolute atomic E-state index is 0.330. The lowest BCUT2D eigenvalue weighted by molar-refractivity contribution is 0.192. The zero-order chi connectivity index (χ0) is 13.0. The second-order valence-corrected chi connectivity index (χ2v) is 6.27. The van der Waals surface area contributed by atoms with Gasteiger partial charge in [-0.1, -0.05) is 24.1 Å². The first-order chi connectivity index (χ1) is 8.70. The lowest BCUT2D eigenvalue weighted by Gasteiger charge is -2.17. The van der Waals surface area contributed by atoms with Gasteiger partial charge in [0.2, 0.25) is 0 Å². The fourth-order valence-corrected chi connectivity index (χ4v) is 3.12. The molecule has 1 aliphatic carbocycles. The average molecular weight is 333 g/mol. The maximum atomic E-state index is 9.27. The molecule has 2 rings (SSSR count). The summed E-state index contributed by atoms with van der Waals surface area (Å²) in [6.45, 7) is 2.15. The topological polar surface area (TPSA) is 32.3 Å². The Hall–Kier alpha value is -0.0900. The molecule has 4 heteroatoms. The van der Waals surface area contributed by atoms with Crippen molar-refractivity contribution in [1.82, 2.24) is 5.32 Å². The Morgan fingerprint density at radius 3 is 2.83 bits per heavy atom. The van der Waals surface area contributed by atoms with Gasteiger partial charge in [0.1, 0.15) is 0 Å². The summed E-state index contributed by atoms with van der Waals surface area (Å²) in [7, 11) is 0. The van der Waals surface area contributed by atoms with Crippen molar-refractivity contribution in [3.63, 3.8) is 0 Å². The van der Waals surface area contributed by atoms with E-state index in [1.807, 2.05) is 12.1 Å². The zero-order valence-electron chi connectivity index (χ0n) is 10.3. The van der Waals surface area contributed by atoms with Crippen LogP contribution >= 0.6 is 27.5 Å². The highest BCUT2D eigenvalue weighted by Gasteiger charge is 2.25. The number of benzene rings is 1. The van der Waals surface area contributed by atoms with Crippen molar-refractivity contribution in [3.8, 4) is 0 Å². The SMILES string of the molecule is OCC1CCCC1CNCc1ccc(Br)c(Cl)c1. The minimum atomic E-state index is 0.330. The highest BCUT2D eigenvalue weighted by molar-refractivity contribution is 9.10. The van der Waals surface area contributed by atoms with E-state index in [1.165, 1.54) is 24.8 Å². The van der Waals surface area contributed by atoms with Crippen LogP contribution in [0.25, 0.3) is 0 Å². The van der Waals surface area contributed by atoms with E-state index in [4.69, 9.17) is 11.6 Å². The van der Waals surface area contributed by atoms with Gasteiger partial charge in [0.05, 0.1) is 5.02 Å². The summed E-state index contributed by atoms with van der Waals surface area (Å²) in [5, 5.41) is 13.5. The summed E-state index contributed by atoms with van der Waals surface area (Å²) in [4.78, 5) is 0. The Morgan fingerprint density at radius 1 is 1.33 bits per heavy atom. The predicted octanol–water partition coefficient (Wildman–Crippen LogP) is 3.60. The number of halogens is 2. The van der Waals surface area contributed by atoms with Crippen molar-refractivity contribution in [3.05, 3.63) is 33.3 Å². The third kappa shape index (κ3) is 3.70. The Kier molecular flexibility index (Phi) is 5.49. The Morgan fingerprint density at radius 2 is 2.11 bits per heavy atom. The third-order valence-electron chi connectivity index (χ3n) is 3.77. The molecule has 0 aliphatic heterocycles. The van der Waals surface area contributed by atoms with Crippen LogP contribution in [-0.4, -0.2) is 18.3 Å². The van der Waals surface area contributed by atoms with Gasteiger partial charge in [-0.3, -0.25) is 0 Å². The summed E-state index contributed by atoms with van der Waals surface area (Å²) < 4.78 is 0.934. The molecule has 1 aromatic rings. The van der Waals surface area contributed by atoms with E-state index < -0.39 is 0 Å². The molecule has 0 amide bonds. The van der Waals surface area contributed by atoms with Crippen molar-refractivity contribution >= 4 is 27.5 Å². The molecule has 1 saturated carbocycles. The second-order valence-electron chi connectivity index (χ2n) is 5.01. The van der Waals surface area contributed by atoms with Gasteiger partial charge in [0.15, 0.2) is 0 Å². The molecule has 2 nitrogen and oxygen atoms in total.